The third-order valence-electron chi connectivity index (χ3n) is 3.74. The van der Waals surface area contributed by atoms with Crippen molar-refractivity contribution in [3.8, 4) is 11.5 Å². The average Bonchev–Trinajstić information content (AvgIpc) is 2.61. The van der Waals surface area contributed by atoms with E-state index >= 15 is 0 Å². The molecule has 1 aliphatic heterocycles. The highest BCUT2D eigenvalue weighted by Crippen LogP contribution is 2.30. The van der Waals surface area contributed by atoms with Gasteiger partial charge in [0, 0.05) is 0 Å². The maximum absolute atomic E-state index is 12.4. The average molecular weight is 362 g/mol. The van der Waals surface area contributed by atoms with Crippen molar-refractivity contribution in [2.45, 2.75) is 24.8 Å². The summed E-state index contributed by atoms with van der Waals surface area (Å²) in [6, 6.07) is 12.0. The number of hydrazine groups is 1. The molecule has 1 aliphatic rings. The van der Waals surface area contributed by atoms with Gasteiger partial charge < -0.3 is 9.47 Å². The van der Waals surface area contributed by atoms with Gasteiger partial charge in [0.2, 0.25) is 6.10 Å². The van der Waals surface area contributed by atoms with E-state index in [9.17, 15) is 13.2 Å². The van der Waals surface area contributed by atoms with E-state index in [1.54, 1.807) is 50.2 Å². The first-order valence-electron chi connectivity index (χ1n) is 7.64. The lowest BCUT2D eigenvalue weighted by molar-refractivity contribution is -0.130. The van der Waals surface area contributed by atoms with Gasteiger partial charge in [-0.05, 0) is 43.2 Å². The third-order valence-corrected chi connectivity index (χ3v) is 5.13. The molecule has 0 radical (unpaired) electrons. The fourth-order valence-corrected chi connectivity index (χ4v) is 3.58. The summed E-state index contributed by atoms with van der Waals surface area (Å²) in [5.74, 6) is 0.345. The summed E-state index contributed by atoms with van der Waals surface area (Å²) >= 11 is 0. The molecule has 0 saturated carbocycles. The highest BCUT2D eigenvalue weighted by molar-refractivity contribution is 7.89. The van der Waals surface area contributed by atoms with Gasteiger partial charge in [0.25, 0.3) is 15.9 Å². The van der Waals surface area contributed by atoms with Crippen LogP contribution in [0.15, 0.2) is 47.4 Å². The van der Waals surface area contributed by atoms with E-state index in [1.807, 2.05) is 6.07 Å². The summed E-state index contributed by atoms with van der Waals surface area (Å²) in [5, 5.41) is 0. The molecule has 0 bridgehead atoms. The van der Waals surface area contributed by atoms with Crippen LogP contribution in [0.3, 0.4) is 0 Å². The highest BCUT2D eigenvalue weighted by Gasteiger charge is 2.28. The molecule has 2 aromatic rings. The molecule has 0 aromatic heterocycles. The Morgan fingerprint density at radius 2 is 1.84 bits per heavy atom. The number of nitrogens with one attached hydrogen (secondary N) is 2. The standard InChI is InChI=1S/C17H18N2O5S/c1-11-7-8-12(2)16(9-11)25(21,22)19-18-17(20)15-10-23-13-5-3-4-6-14(13)24-15/h3-9,15,19H,10H2,1-2H3,(H,18,20)/t15-/m1/s1. The zero-order valence-electron chi connectivity index (χ0n) is 13.8. The summed E-state index contributed by atoms with van der Waals surface area (Å²) in [6.07, 6.45) is -0.948. The molecule has 7 nitrogen and oxygen atoms in total. The summed E-state index contributed by atoms with van der Waals surface area (Å²) < 4.78 is 35.8. The van der Waals surface area contributed by atoms with Gasteiger partial charge in [-0.2, -0.15) is 0 Å². The normalized spacial score (nSPS) is 16.3. The van der Waals surface area contributed by atoms with Crippen LogP contribution < -0.4 is 19.7 Å². The Bertz CT molecular complexity index is 911. The first-order valence-corrected chi connectivity index (χ1v) is 9.12. The van der Waals surface area contributed by atoms with Crippen molar-refractivity contribution in [1.29, 1.82) is 0 Å². The molecule has 1 heterocycles. The molecule has 2 aromatic carbocycles. The van der Waals surface area contributed by atoms with E-state index in [0.717, 1.165) is 5.56 Å². The minimum Gasteiger partial charge on any atom is -0.485 e. The summed E-state index contributed by atoms with van der Waals surface area (Å²) in [7, 11) is -3.89. The van der Waals surface area contributed by atoms with Crippen molar-refractivity contribution in [2.24, 2.45) is 0 Å². The molecule has 0 aliphatic carbocycles. The van der Waals surface area contributed by atoms with Gasteiger partial charge in [-0.15, -0.1) is 4.83 Å². The number of sulfonamides is 1. The third kappa shape index (κ3) is 3.75. The van der Waals surface area contributed by atoms with Crippen molar-refractivity contribution < 1.29 is 22.7 Å². The lowest BCUT2D eigenvalue weighted by atomic mass is 10.2. The fraction of sp³-hybridized carbons (Fsp3) is 0.235. The number of hydrogen-bond donors (Lipinski definition) is 2. The Morgan fingerprint density at radius 1 is 1.12 bits per heavy atom. The van der Waals surface area contributed by atoms with E-state index in [0.29, 0.717) is 17.1 Å². The second-order valence-corrected chi connectivity index (χ2v) is 7.38. The zero-order chi connectivity index (χ0) is 18.0. The number of aryl methyl sites for hydroxylation is 2. The Balaban J connectivity index is 1.67. The van der Waals surface area contributed by atoms with Crippen molar-refractivity contribution in [2.75, 3.05) is 6.61 Å². The van der Waals surface area contributed by atoms with E-state index in [4.69, 9.17) is 9.47 Å². The van der Waals surface area contributed by atoms with Crippen LogP contribution in [0, 0.1) is 13.8 Å². The highest BCUT2D eigenvalue weighted by atomic mass is 32.2. The first-order chi connectivity index (χ1) is 11.9. The van der Waals surface area contributed by atoms with Gasteiger partial charge in [0.15, 0.2) is 11.5 Å². The fourth-order valence-electron chi connectivity index (χ4n) is 2.40. The van der Waals surface area contributed by atoms with Gasteiger partial charge in [-0.25, -0.2) is 8.42 Å². The van der Waals surface area contributed by atoms with Crippen molar-refractivity contribution in [1.82, 2.24) is 10.3 Å². The van der Waals surface area contributed by atoms with Gasteiger partial charge in [0.05, 0.1) is 4.90 Å². The number of carbonyl (C=O) groups is 1. The number of carbonyl (C=O) groups excluding carboxylic acids is 1. The quantitative estimate of drug-likeness (QED) is 0.803. The van der Waals surface area contributed by atoms with Crippen LogP contribution in [0.2, 0.25) is 0 Å². The monoisotopic (exact) mass is 362 g/mol. The number of benzene rings is 2. The van der Waals surface area contributed by atoms with Crippen LogP contribution >= 0.6 is 0 Å². The Hall–Kier alpha value is -2.58. The predicted molar refractivity (Wildman–Crippen MR) is 90.7 cm³/mol. The van der Waals surface area contributed by atoms with Gasteiger partial charge in [-0.3, -0.25) is 10.2 Å². The van der Waals surface area contributed by atoms with Gasteiger partial charge in [0.1, 0.15) is 6.61 Å². The Labute approximate surface area is 146 Å². The minimum atomic E-state index is -3.89. The molecule has 0 unspecified atom stereocenters. The molecule has 132 valence electrons. The van der Waals surface area contributed by atoms with Crippen molar-refractivity contribution >= 4 is 15.9 Å². The lowest BCUT2D eigenvalue weighted by Gasteiger charge is -2.25. The molecular formula is C17H18N2O5S. The molecule has 8 heteroatoms. The largest absolute Gasteiger partial charge is 0.485 e. The molecule has 1 amide bonds. The number of rotatable bonds is 4. The maximum Gasteiger partial charge on any atom is 0.279 e. The lowest BCUT2D eigenvalue weighted by Crippen LogP contribution is -2.50. The van der Waals surface area contributed by atoms with Gasteiger partial charge >= 0.3 is 0 Å². The predicted octanol–water partition coefficient (Wildman–Crippen LogP) is 1.45. The second-order valence-electron chi connectivity index (χ2n) is 5.73. The molecule has 1 atom stereocenters. The SMILES string of the molecule is Cc1ccc(C)c(S(=O)(=O)NNC(=O)[C@H]2COc3ccccc3O2)c1. The van der Waals surface area contributed by atoms with E-state index < -0.39 is 22.0 Å². The van der Waals surface area contributed by atoms with Crippen molar-refractivity contribution in [3.05, 3.63) is 53.6 Å². The van der Waals surface area contributed by atoms with E-state index in [1.165, 1.54) is 0 Å². The van der Waals surface area contributed by atoms with Crippen LogP contribution in [0.1, 0.15) is 11.1 Å². The second kappa shape index (κ2) is 6.73. The maximum atomic E-state index is 12.4. The molecule has 0 saturated heterocycles. The number of para-hydroxylation sites is 2. The molecule has 25 heavy (non-hydrogen) atoms. The molecule has 2 N–H and O–H groups in total. The summed E-state index contributed by atoms with van der Waals surface area (Å²) in [6.45, 7) is 3.47. The number of hydrogen-bond acceptors (Lipinski definition) is 5. The topological polar surface area (TPSA) is 93.7 Å². The van der Waals surface area contributed by atoms with Crippen molar-refractivity contribution in [3.63, 3.8) is 0 Å². The minimum absolute atomic E-state index is 0.00591. The summed E-state index contributed by atoms with van der Waals surface area (Å²) in [5.41, 5.74) is 3.57. The van der Waals surface area contributed by atoms with Crippen LogP contribution in [0.4, 0.5) is 0 Å². The number of ether oxygens (including phenoxy) is 2. The van der Waals surface area contributed by atoms with Crippen LogP contribution in [-0.4, -0.2) is 27.0 Å². The number of fused-ring (bicyclic) bond motifs is 1. The van der Waals surface area contributed by atoms with E-state index in [-0.39, 0.29) is 11.5 Å². The molecular weight excluding hydrogens is 344 g/mol. The summed E-state index contributed by atoms with van der Waals surface area (Å²) in [4.78, 5) is 14.4. The zero-order valence-corrected chi connectivity index (χ0v) is 14.6. The molecule has 3 rings (SSSR count). The molecule has 0 spiro atoms. The first kappa shape index (κ1) is 17.2. The smallest absolute Gasteiger partial charge is 0.279 e. The van der Waals surface area contributed by atoms with E-state index in [2.05, 4.69) is 10.3 Å². The Morgan fingerprint density at radius 3 is 2.60 bits per heavy atom. The molecule has 0 fully saturated rings. The Kier molecular flexibility index (Phi) is 4.65. The van der Waals surface area contributed by atoms with Crippen LogP contribution in [0.25, 0.3) is 0 Å². The van der Waals surface area contributed by atoms with Crippen LogP contribution in [-0.2, 0) is 14.8 Å². The van der Waals surface area contributed by atoms with Gasteiger partial charge in [-0.1, -0.05) is 24.3 Å². The van der Waals surface area contributed by atoms with Crippen LogP contribution in [0.5, 0.6) is 11.5 Å². The number of amides is 1.